The van der Waals surface area contributed by atoms with E-state index in [1.807, 2.05) is 13.1 Å². The number of hydrogen-bond acceptors (Lipinski definition) is 3. The number of hydrogen-bond donors (Lipinski definition) is 0. The molecule has 2 rings (SSSR count). The summed E-state index contributed by atoms with van der Waals surface area (Å²) in [5, 5.41) is 13.7. The number of nitrogens with zero attached hydrogens (tertiary/aromatic N) is 4. The van der Waals surface area contributed by atoms with E-state index in [0.717, 1.165) is 15.6 Å². The highest BCUT2D eigenvalue weighted by atomic mass is 79.9. The maximum atomic E-state index is 8.66. The highest BCUT2D eigenvalue weighted by molar-refractivity contribution is 9.10. The second-order valence-corrected chi connectivity index (χ2v) is 3.37. The number of aryl methyl sites for hydroxylation is 1. The van der Waals surface area contributed by atoms with Crippen LogP contribution in [-0.4, -0.2) is 14.8 Å². The highest BCUT2D eigenvalue weighted by Gasteiger charge is 2.07. The van der Waals surface area contributed by atoms with Crippen molar-refractivity contribution in [2.75, 3.05) is 0 Å². The first-order valence-corrected chi connectivity index (χ1v) is 4.40. The molecule has 2 aromatic heterocycles. The molecule has 0 atom stereocenters. The summed E-state index contributed by atoms with van der Waals surface area (Å²) in [6.45, 7) is 0. The van der Waals surface area contributed by atoms with Crippen LogP contribution in [0.25, 0.3) is 11.0 Å². The molecule has 5 heteroatoms. The van der Waals surface area contributed by atoms with Crippen LogP contribution >= 0.6 is 15.9 Å². The van der Waals surface area contributed by atoms with E-state index in [4.69, 9.17) is 5.26 Å². The summed E-state index contributed by atoms with van der Waals surface area (Å²) in [4.78, 5) is 4.12. The van der Waals surface area contributed by atoms with E-state index < -0.39 is 0 Å². The third-order valence-electron chi connectivity index (χ3n) is 1.76. The Bertz CT molecular complexity index is 509. The molecule has 4 nitrogen and oxygen atoms in total. The number of halogens is 1. The monoisotopic (exact) mass is 236 g/mol. The van der Waals surface area contributed by atoms with Crippen LogP contribution in [0.5, 0.6) is 0 Å². The molecule has 0 bridgehead atoms. The SMILES string of the molecule is Cn1nc(Br)c2cc(C#N)cnc21. The van der Waals surface area contributed by atoms with Crippen LogP contribution in [0.1, 0.15) is 5.56 Å². The molecular formula is C8H5BrN4. The fourth-order valence-electron chi connectivity index (χ4n) is 1.16. The lowest BCUT2D eigenvalue weighted by Gasteiger charge is -1.91. The molecule has 0 amide bonds. The summed E-state index contributed by atoms with van der Waals surface area (Å²) in [5.74, 6) is 0. The van der Waals surface area contributed by atoms with Crippen molar-refractivity contribution in [3.8, 4) is 6.07 Å². The quantitative estimate of drug-likeness (QED) is 0.699. The van der Waals surface area contributed by atoms with Gasteiger partial charge in [-0.3, -0.25) is 0 Å². The van der Waals surface area contributed by atoms with E-state index in [1.165, 1.54) is 6.20 Å². The first-order valence-electron chi connectivity index (χ1n) is 3.60. The molecule has 0 aliphatic heterocycles. The molecule has 64 valence electrons. The first kappa shape index (κ1) is 8.20. The fourth-order valence-corrected chi connectivity index (χ4v) is 1.69. The lowest BCUT2D eigenvalue weighted by atomic mass is 10.2. The fraction of sp³-hybridized carbons (Fsp3) is 0.125. The molecule has 0 aliphatic carbocycles. The number of pyridine rings is 1. The maximum absolute atomic E-state index is 8.66. The number of fused-ring (bicyclic) bond motifs is 1. The van der Waals surface area contributed by atoms with Gasteiger partial charge in [0.15, 0.2) is 5.65 Å². The zero-order valence-corrected chi connectivity index (χ0v) is 8.41. The minimum atomic E-state index is 0.543. The lowest BCUT2D eigenvalue weighted by Crippen LogP contribution is -1.91. The van der Waals surface area contributed by atoms with Crippen molar-refractivity contribution in [3.63, 3.8) is 0 Å². The second-order valence-electron chi connectivity index (χ2n) is 2.62. The summed E-state index contributed by atoms with van der Waals surface area (Å²) in [6.07, 6.45) is 1.54. The molecule has 0 N–H and O–H groups in total. The van der Waals surface area contributed by atoms with Gasteiger partial charge in [-0.05, 0) is 22.0 Å². The van der Waals surface area contributed by atoms with Gasteiger partial charge in [-0.2, -0.15) is 10.4 Å². The van der Waals surface area contributed by atoms with Crippen molar-refractivity contribution >= 4 is 27.0 Å². The Morgan fingerprint density at radius 1 is 1.62 bits per heavy atom. The Morgan fingerprint density at radius 3 is 3.08 bits per heavy atom. The Kier molecular flexibility index (Phi) is 1.78. The van der Waals surface area contributed by atoms with Crippen LogP contribution in [0.3, 0.4) is 0 Å². The van der Waals surface area contributed by atoms with Gasteiger partial charge in [0.1, 0.15) is 10.7 Å². The second kappa shape index (κ2) is 2.82. The highest BCUT2D eigenvalue weighted by Crippen LogP contribution is 2.21. The van der Waals surface area contributed by atoms with Crippen molar-refractivity contribution < 1.29 is 0 Å². The Labute approximate surface area is 82.9 Å². The van der Waals surface area contributed by atoms with E-state index in [2.05, 4.69) is 26.0 Å². The Balaban J connectivity index is 2.86. The van der Waals surface area contributed by atoms with Crippen molar-refractivity contribution in [1.29, 1.82) is 5.26 Å². The molecule has 2 aromatic rings. The molecular weight excluding hydrogens is 232 g/mol. The molecule has 0 aromatic carbocycles. The van der Waals surface area contributed by atoms with Gasteiger partial charge in [-0.15, -0.1) is 0 Å². The van der Waals surface area contributed by atoms with Crippen molar-refractivity contribution in [1.82, 2.24) is 14.8 Å². The Hall–Kier alpha value is -1.41. The van der Waals surface area contributed by atoms with Crippen molar-refractivity contribution in [2.45, 2.75) is 0 Å². The molecule has 0 aliphatic rings. The molecule has 0 saturated carbocycles. The average Bonchev–Trinajstić information content (AvgIpc) is 2.42. The third-order valence-corrected chi connectivity index (χ3v) is 2.35. The van der Waals surface area contributed by atoms with Gasteiger partial charge in [0.2, 0.25) is 0 Å². The first-order chi connectivity index (χ1) is 6.22. The Morgan fingerprint density at radius 2 is 2.38 bits per heavy atom. The summed E-state index contributed by atoms with van der Waals surface area (Å²) < 4.78 is 2.38. The normalized spacial score (nSPS) is 10.2. The molecule has 0 fully saturated rings. The van der Waals surface area contributed by atoms with Crippen molar-refractivity contribution in [2.24, 2.45) is 7.05 Å². The largest absolute Gasteiger partial charge is 0.249 e. The van der Waals surface area contributed by atoms with Gasteiger partial charge in [0.25, 0.3) is 0 Å². The number of rotatable bonds is 0. The molecule has 0 saturated heterocycles. The number of nitriles is 1. The molecule has 0 radical (unpaired) electrons. The topological polar surface area (TPSA) is 54.5 Å². The zero-order chi connectivity index (χ0) is 9.42. The predicted octanol–water partition coefficient (Wildman–Crippen LogP) is 1.60. The minimum Gasteiger partial charge on any atom is -0.249 e. The van der Waals surface area contributed by atoms with E-state index in [9.17, 15) is 0 Å². The predicted molar refractivity (Wildman–Crippen MR) is 50.9 cm³/mol. The van der Waals surface area contributed by atoms with E-state index in [0.29, 0.717) is 5.56 Å². The van der Waals surface area contributed by atoms with Crippen LogP contribution < -0.4 is 0 Å². The smallest absolute Gasteiger partial charge is 0.158 e. The molecule has 2 heterocycles. The summed E-state index contributed by atoms with van der Waals surface area (Å²) >= 11 is 3.30. The van der Waals surface area contributed by atoms with Gasteiger partial charge in [0.05, 0.1) is 10.9 Å². The van der Waals surface area contributed by atoms with Gasteiger partial charge < -0.3 is 0 Å². The van der Waals surface area contributed by atoms with Crippen molar-refractivity contribution in [3.05, 3.63) is 22.4 Å². The van der Waals surface area contributed by atoms with E-state index >= 15 is 0 Å². The van der Waals surface area contributed by atoms with Crippen LogP contribution in [0.2, 0.25) is 0 Å². The molecule has 0 spiro atoms. The van der Waals surface area contributed by atoms with Gasteiger partial charge in [0, 0.05) is 13.2 Å². The summed E-state index contributed by atoms with van der Waals surface area (Å²) in [6, 6.07) is 3.80. The summed E-state index contributed by atoms with van der Waals surface area (Å²) in [5.41, 5.74) is 1.31. The maximum Gasteiger partial charge on any atom is 0.158 e. The van der Waals surface area contributed by atoms with E-state index in [1.54, 1.807) is 10.7 Å². The van der Waals surface area contributed by atoms with Gasteiger partial charge in [-0.1, -0.05) is 0 Å². The third kappa shape index (κ3) is 1.19. The molecule has 13 heavy (non-hydrogen) atoms. The van der Waals surface area contributed by atoms with Crippen LogP contribution in [0, 0.1) is 11.3 Å². The minimum absolute atomic E-state index is 0.543. The van der Waals surface area contributed by atoms with Gasteiger partial charge in [-0.25, -0.2) is 9.67 Å². The lowest BCUT2D eigenvalue weighted by molar-refractivity contribution is 0.778. The van der Waals surface area contributed by atoms with Crippen LogP contribution in [0.15, 0.2) is 16.9 Å². The average molecular weight is 237 g/mol. The van der Waals surface area contributed by atoms with E-state index in [-0.39, 0.29) is 0 Å². The zero-order valence-electron chi connectivity index (χ0n) is 6.82. The van der Waals surface area contributed by atoms with Crippen LogP contribution in [-0.2, 0) is 7.05 Å². The number of aromatic nitrogens is 3. The summed E-state index contributed by atoms with van der Waals surface area (Å²) in [7, 11) is 1.81. The van der Waals surface area contributed by atoms with Gasteiger partial charge >= 0.3 is 0 Å². The molecule has 0 unspecified atom stereocenters. The standard InChI is InChI=1S/C8H5BrN4/c1-13-8-6(7(9)12-13)2-5(3-10)4-11-8/h2,4H,1H3. The van der Waals surface area contributed by atoms with Crippen LogP contribution in [0.4, 0.5) is 0 Å².